The molecule has 0 fully saturated rings. The monoisotopic (exact) mass is 639 g/mol. The third-order valence-electron chi connectivity index (χ3n) is 7.17. The summed E-state index contributed by atoms with van der Waals surface area (Å²) in [5.74, 6) is -2.62. The van der Waals surface area contributed by atoms with Crippen molar-refractivity contribution >= 4 is 50.1 Å². The Kier molecular flexibility index (Phi) is 7.39. The number of halogens is 5. The standard InChI is InChI=1S/C27H22ClF4N5O5S/c1-25(23(33)39)10-42-21-13(25)8-18(36-19(21)11-3-4-15(29)14(28)5-11)26(40,27(30,31)32)9-35-22(38)12-6-16(41-2)20-17(7-12)43-24(34)37-20/h3-8,40H,9-10H2,1-2H3,(H2,33,39)(H2,34,37)(H,35,38)/t25-,26?/m0/s1. The van der Waals surface area contributed by atoms with E-state index in [0.717, 1.165) is 29.5 Å². The third-order valence-corrected chi connectivity index (χ3v) is 8.29. The first-order chi connectivity index (χ1) is 20.1. The van der Waals surface area contributed by atoms with Crippen LogP contribution in [0.15, 0.2) is 36.4 Å². The number of nitrogens with one attached hydrogen (secondary N) is 1. The molecule has 2 amide bonds. The number of primary amides is 1. The second kappa shape index (κ2) is 10.5. The van der Waals surface area contributed by atoms with E-state index in [2.05, 4.69) is 15.3 Å². The van der Waals surface area contributed by atoms with Crippen LogP contribution >= 0.6 is 22.9 Å². The van der Waals surface area contributed by atoms with Gasteiger partial charge in [0.2, 0.25) is 11.5 Å². The van der Waals surface area contributed by atoms with Crippen LogP contribution in [-0.4, -0.2) is 53.3 Å². The van der Waals surface area contributed by atoms with E-state index in [9.17, 15) is 32.3 Å². The quantitative estimate of drug-likeness (QED) is 0.220. The number of aliphatic hydroxyl groups is 1. The summed E-state index contributed by atoms with van der Waals surface area (Å²) in [6.45, 7) is -0.362. The number of rotatable bonds is 7. The molecule has 43 heavy (non-hydrogen) atoms. The van der Waals surface area contributed by atoms with Crippen LogP contribution in [-0.2, 0) is 15.8 Å². The van der Waals surface area contributed by atoms with Gasteiger partial charge in [-0.3, -0.25) is 9.59 Å². The van der Waals surface area contributed by atoms with Crippen LogP contribution in [0.3, 0.4) is 0 Å². The van der Waals surface area contributed by atoms with E-state index in [4.69, 9.17) is 32.5 Å². The Morgan fingerprint density at radius 3 is 2.58 bits per heavy atom. The number of methoxy groups -OCH3 is 1. The van der Waals surface area contributed by atoms with Crippen molar-refractivity contribution in [2.75, 3.05) is 26.0 Å². The fraction of sp³-hybridized carbons (Fsp3) is 0.259. The Hall–Kier alpha value is -4.21. The number of nitrogens with two attached hydrogens (primary N) is 2. The van der Waals surface area contributed by atoms with Gasteiger partial charge in [0.1, 0.15) is 40.5 Å². The summed E-state index contributed by atoms with van der Waals surface area (Å²) in [6, 6.07) is 6.77. The van der Waals surface area contributed by atoms with Gasteiger partial charge in [0.25, 0.3) is 5.91 Å². The molecule has 0 radical (unpaired) electrons. The number of nitrogen functional groups attached to an aromatic ring is 1. The average Bonchev–Trinajstić information content (AvgIpc) is 3.51. The molecule has 1 unspecified atom stereocenters. The molecule has 0 spiro atoms. The van der Waals surface area contributed by atoms with E-state index >= 15 is 0 Å². The van der Waals surface area contributed by atoms with Gasteiger partial charge in [0.05, 0.1) is 29.1 Å². The second-order valence-corrected chi connectivity index (χ2v) is 11.4. The van der Waals surface area contributed by atoms with Crippen molar-refractivity contribution in [3.8, 4) is 22.8 Å². The van der Waals surface area contributed by atoms with E-state index < -0.39 is 47.1 Å². The van der Waals surface area contributed by atoms with E-state index in [-0.39, 0.29) is 50.6 Å². The molecule has 1 aliphatic rings. The number of nitrogens with zero attached hydrogens (tertiary/aromatic N) is 2. The highest BCUT2D eigenvalue weighted by Gasteiger charge is 2.57. The SMILES string of the molecule is COc1cc(C(=O)NCC(O)(c2cc3c(c(-c4ccc(F)c(Cl)c4)n2)OC[C@]3(C)C(N)=O)C(F)(F)F)cc2sc(N)nc12. The highest BCUT2D eigenvalue weighted by molar-refractivity contribution is 7.22. The van der Waals surface area contributed by atoms with Crippen LogP contribution in [0.1, 0.15) is 28.5 Å². The van der Waals surface area contributed by atoms with Crippen LogP contribution in [0.5, 0.6) is 11.5 Å². The molecule has 10 nitrogen and oxygen atoms in total. The molecule has 0 saturated carbocycles. The summed E-state index contributed by atoms with van der Waals surface area (Å²) in [5.41, 5.74) is 4.92. The summed E-state index contributed by atoms with van der Waals surface area (Å²) in [6.07, 6.45) is -5.39. The Labute approximate surface area is 249 Å². The molecule has 16 heteroatoms. The lowest BCUT2D eigenvalue weighted by Crippen LogP contribution is -2.51. The topological polar surface area (TPSA) is 163 Å². The number of aromatic nitrogens is 2. The van der Waals surface area contributed by atoms with Gasteiger partial charge in [-0.1, -0.05) is 22.9 Å². The zero-order chi connectivity index (χ0) is 31.5. The number of carbonyl (C=O) groups excluding carboxylic acids is 2. The van der Waals surface area contributed by atoms with E-state index in [1.807, 2.05) is 0 Å². The highest BCUT2D eigenvalue weighted by Crippen LogP contribution is 2.48. The van der Waals surface area contributed by atoms with Crippen molar-refractivity contribution in [2.45, 2.75) is 24.1 Å². The largest absolute Gasteiger partial charge is 0.494 e. The molecular weight excluding hydrogens is 618 g/mol. The summed E-state index contributed by atoms with van der Waals surface area (Å²) < 4.78 is 69.2. The minimum absolute atomic E-state index is 0.0380. The van der Waals surface area contributed by atoms with Crippen molar-refractivity contribution in [3.05, 3.63) is 64.1 Å². The van der Waals surface area contributed by atoms with Crippen LogP contribution in [0.25, 0.3) is 21.5 Å². The van der Waals surface area contributed by atoms with E-state index in [1.54, 1.807) is 0 Å². The maximum Gasteiger partial charge on any atom is 0.424 e. The number of ether oxygens (including phenoxy) is 2. The molecule has 2 atom stereocenters. The molecule has 5 rings (SSSR count). The minimum Gasteiger partial charge on any atom is -0.494 e. The lowest BCUT2D eigenvalue weighted by Gasteiger charge is -2.31. The molecule has 2 aromatic carbocycles. The summed E-state index contributed by atoms with van der Waals surface area (Å²) in [7, 11) is 1.32. The number of hydrogen-bond acceptors (Lipinski definition) is 9. The summed E-state index contributed by atoms with van der Waals surface area (Å²) in [4.78, 5) is 33.6. The normalized spacial score (nSPS) is 17.7. The van der Waals surface area contributed by atoms with Crippen molar-refractivity contribution in [3.63, 3.8) is 0 Å². The number of carbonyl (C=O) groups is 2. The molecule has 226 valence electrons. The van der Waals surface area contributed by atoms with Crippen LogP contribution in [0.2, 0.25) is 5.02 Å². The molecular formula is C27H22ClF4N5O5S. The first-order valence-electron chi connectivity index (χ1n) is 12.3. The molecule has 0 saturated heterocycles. The number of alkyl halides is 3. The van der Waals surface area contributed by atoms with Crippen molar-refractivity contribution in [1.29, 1.82) is 0 Å². The van der Waals surface area contributed by atoms with Crippen LogP contribution < -0.4 is 26.3 Å². The average molecular weight is 640 g/mol. The lowest BCUT2D eigenvalue weighted by atomic mass is 9.81. The molecule has 6 N–H and O–H groups in total. The first kappa shape index (κ1) is 30.3. The predicted molar refractivity (Wildman–Crippen MR) is 150 cm³/mol. The smallest absolute Gasteiger partial charge is 0.424 e. The zero-order valence-electron chi connectivity index (χ0n) is 22.3. The highest BCUT2D eigenvalue weighted by atomic mass is 35.5. The van der Waals surface area contributed by atoms with Gasteiger partial charge in [-0.05, 0) is 43.3 Å². The zero-order valence-corrected chi connectivity index (χ0v) is 23.9. The lowest BCUT2D eigenvalue weighted by molar-refractivity contribution is -0.265. The Balaban J connectivity index is 1.60. The number of hydrogen-bond donors (Lipinski definition) is 4. The predicted octanol–water partition coefficient (Wildman–Crippen LogP) is 4.06. The Morgan fingerprint density at radius 2 is 1.95 bits per heavy atom. The summed E-state index contributed by atoms with van der Waals surface area (Å²) in [5, 5.41) is 13.1. The third kappa shape index (κ3) is 5.06. The van der Waals surface area contributed by atoms with Crippen molar-refractivity contribution in [2.24, 2.45) is 5.73 Å². The molecule has 1 aliphatic heterocycles. The number of amides is 2. The summed E-state index contributed by atoms with van der Waals surface area (Å²) >= 11 is 6.95. The minimum atomic E-state index is -5.39. The molecule has 3 heterocycles. The van der Waals surface area contributed by atoms with Crippen molar-refractivity contribution in [1.82, 2.24) is 15.3 Å². The Bertz CT molecular complexity index is 1800. The van der Waals surface area contributed by atoms with Crippen LogP contribution in [0, 0.1) is 5.82 Å². The number of thiazole rings is 1. The number of benzene rings is 2. The van der Waals surface area contributed by atoms with Crippen molar-refractivity contribution < 1.29 is 41.7 Å². The fourth-order valence-electron chi connectivity index (χ4n) is 4.59. The maximum atomic E-state index is 14.7. The second-order valence-electron chi connectivity index (χ2n) is 9.96. The number of pyridine rings is 1. The van der Waals surface area contributed by atoms with E-state index in [1.165, 1.54) is 32.2 Å². The molecule has 2 aromatic heterocycles. The first-order valence-corrected chi connectivity index (χ1v) is 13.5. The molecule has 0 aliphatic carbocycles. The number of fused-ring (bicyclic) bond motifs is 2. The van der Waals surface area contributed by atoms with Gasteiger partial charge < -0.3 is 31.4 Å². The van der Waals surface area contributed by atoms with Crippen LogP contribution in [0.4, 0.5) is 22.7 Å². The fourth-order valence-corrected chi connectivity index (χ4v) is 5.56. The molecule has 4 aromatic rings. The van der Waals surface area contributed by atoms with Gasteiger partial charge in [0, 0.05) is 16.7 Å². The Morgan fingerprint density at radius 1 is 1.23 bits per heavy atom. The van der Waals surface area contributed by atoms with Gasteiger partial charge in [-0.15, -0.1) is 0 Å². The van der Waals surface area contributed by atoms with Gasteiger partial charge in [-0.25, -0.2) is 14.4 Å². The van der Waals surface area contributed by atoms with Gasteiger partial charge in [-0.2, -0.15) is 13.2 Å². The van der Waals surface area contributed by atoms with Gasteiger partial charge in [0.15, 0.2) is 5.13 Å². The van der Waals surface area contributed by atoms with E-state index in [0.29, 0.717) is 10.2 Å². The number of anilines is 1. The molecule has 0 bridgehead atoms. The van der Waals surface area contributed by atoms with Gasteiger partial charge >= 0.3 is 6.18 Å². The maximum absolute atomic E-state index is 14.7.